The highest BCUT2D eigenvalue weighted by atomic mass is 19.1. The summed E-state index contributed by atoms with van der Waals surface area (Å²) in [5, 5.41) is 13.7. The van der Waals surface area contributed by atoms with Gasteiger partial charge in [-0.2, -0.15) is 10.2 Å². The van der Waals surface area contributed by atoms with Crippen LogP contribution in [0.5, 0.6) is 0 Å². The predicted molar refractivity (Wildman–Crippen MR) is 126 cm³/mol. The summed E-state index contributed by atoms with van der Waals surface area (Å²) in [6, 6.07) is 15.2. The summed E-state index contributed by atoms with van der Waals surface area (Å²) in [6.07, 6.45) is 5.59. The fourth-order valence-electron chi connectivity index (χ4n) is 4.84. The van der Waals surface area contributed by atoms with Crippen molar-refractivity contribution in [3.8, 4) is 11.1 Å². The van der Waals surface area contributed by atoms with Gasteiger partial charge in [-0.05, 0) is 49.7 Å². The third-order valence-corrected chi connectivity index (χ3v) is 6.52. The number of halogens is 1. The topological polar surface area (TPSA) is 86.1 Å². The van der Waals surface area contributed by atoms with Crippen molar-refractivity contribution in [3.63, 3.8) is 0 Å². The number of rotatable bonds is 4. The monoisotopic (exact) mass is 441 g/mol. The highest BCUT2D eigenvalue weighted by Gasteiger charge is 2.23. The van der Waals surface area contributed by atoms with E-state index in [1.165, 1.54) is 18.1 Å². The molecule has 2 aromatic carbocycles. The van der Waals surface area contributed by atoms with Gasteiger partial charge in [0.05, 0.1) is 12.1 Å². The molecule has 0 bridgehead atoms. The third-order valence-electron chi connectivity index (χ3n) is 6.52. The van der Waals surface area contributed by atoms with Crippen LogP contribution in [0.3, 0.4) is 0 Å². The first kappa shape index (κ1) is 19.9. The highest BCUT2D eigenvalue weighted by molar-refractivity contribution is 5.92. The first-order chi connectivity index (χ1) is 16.2. The minimum absolute atomic E-state index is 0.223. The van der Waals surface area contributed by atoms with Gasteiger partial charge in [0.1, 0.15) is 17.7 Å². The van der Waals surface area contributed by atoms with Crippen molar-refractivity contribution in [1.82, 2.24) is 29.7 Å². The molecule has 0 unspecified atom stereocenters. The largest absolute Gasteiger partial charge is 0.382 e. The number of hydrogen-bond donors (Lipinski definition) is 2. The van der Waals surface area contributed by atoms with Crippen molar-refractivity contribution >= 4 is 22.2 Å². The zero-order valence-electron chi connectivity index (χ0n) is 18.1. The maximum absolute atomic E-state index is 14.1. The molecule has 8 heteroatoms. The van der Waals surface area contributed by atoms with E-state index in [0.29, 0.717) is 23.8 Å². The van der Waals surface area contributed by atoms with Crippen LogP contribution in [0.25, 0.3) is 27.5 Å². The molecule has 33 heavy (non-hydrogen) atoms. The van der Waals surface area contributed by atoms with Crippen molar-refractivity contribution in [2.45, 2.75) is 25.3 Å². The Morgan fingerprint density at radius 2 is 1.94 bits per heavy atom. The number of hydrogen-bond acceptors (Lipinski definition) is 5. The summed E-state index contributed by atoms with van der Waals surface area (Å²) in [7, 11) is 0. The standard InChI is InChI=1S/C25H24FN7/c26-21-4-2-1-3-18(21)13-32-14-19-6-5-17(11-22(19)31-32)20-12-23(16-7-9-28-10-8-16)33-24(20)25(27)29-15-30-33/h1-6,11-12,14-16,28H,7-10,13H2,(H2,27,29,30). The van der Waals surface area contributed by atoms with Crippen LogP contribution in [-0.4, -0.2) is 37.5 Å². The Balaban J connectivity index is 1.42. The zero-order chi connectivity index (χ0) is 22.4. The van der Waals surface area contributed by atoms with Crippen LogP contribution < -0.4 is 11.1 Å². The number of nitrogens with one attached hydrogen (secondary N) is 1. The van der Waals surface area contributed by atoms with Crippen molar-refractivity contribution < 1.29 is 4.39 Å². The Bertz CT molecular complexity index is 1460. The lowest BCUT2D eigenvalue weighted by atomic mass is 9.94. The number of piperidine rings is 1. The van der Waals surface area contributed by atoms with Gasteiger partial charge in [0, 0.05) is 34.3 Å². The molecule has 0 spiro atoms. The fourth-order valence-corrected chi connectivity index (χ4v) is 4.84. The number of anilines is 1. The van der Waals surface area contributed by atoms with Gasteiger partial charge >= 0.3 is 0 Å². The molecule has 5 aromatic rings. The second-order valence-corrected chi connectivity index (χ2v) is 8.60. The molecular formula is C25H24FN7. The van der Waals surface area contributed by atoms with Crippen LogP contribution in [-0.2, 0) is 6.54 Å². The zero-order valence-corrected chi connectivity index (χ0v) is 18.1. The van der Waals surface area contributed by atoms with E-state index < -0.39 is 0 Å². The molecule has 1 aliphatic heterocycles. The van der Waals surface area contributed by atoms with Crippen LogP contribution in [0.15, 0.2) is 61.1 Å². The van der Waals surface area contributed by atoms with Crippen molar-refractivity contribution in [3.05, 3.63) is 78.1 Å². The van der Waals surface area contributed by atoms with Crippen LogP contribution in [0, 0.1) is 5.82 Å². The summed E-state index contributed by atoms with van der Waals surface area (Å²) in [4.78, 5) is 4.25. The molecule has 0 atom stereocenters. The summed E-state index contributed by atoms with van der Waals surface area (Å²) < 4.78 is 17.8. The van der Waals surface area contributed by atoms with Crippen molar-refractivity contribution in [2.24, 2.45) is 0 Å². The Hall–Kier alpha value is -3.78. The molecule has 6 rings (SSSR count). The Kier molecular flexibility index (Phi) is 4.80. The molecule has 3 aromatic heterocycles. The molecule has 1 saturated heterocycles. The lowest BCUT2D eigenvalue weighted by molar-refractivity contribution is 0.448. The lowest BCUT2D eigenvalue weighted by Gasteiger charge is -2.22. The number of nitrogens with zero attached hydrogens (tertiary/aromatic N) is 5. The maximum atomic E-state index is 14.1. The van der Waals surface area contributed by atoms with E-state index in [9.17, 15) is 4.39 Å². The number of fused-ring (bicyclic) bond motifs is 2. The quantitative estimate of drug-likeness (QED) is 0.441. The van der Waals surface area contributed by atoms with Gasteiger partial charge in [0.15, 0.2) is 5.82 Å². The summed E-state index contributed by atoms with van der Waals surface area (Å²) in [6.45, 7) is 2.38. The third kappa shape index (κ3) is 3.52. The average molecular weight is 442 g/mol. The van der Waals surface area contributed by atoms with E-state index in [1.54, 1.807) is 16.8 Å². The maximum Gasteiger partial charge on any atom is 0.151 e. The average Bonchev–Trinajstić information content (AvgIpc) is 3.42. The number of nitrogen functional groups attached to an aromatic ring is 1. The smallest absolute Gasteiger partial charge is 0.151 e. The first-order valence-electron chi connectivity index (χ1n) is 11.2. The molecule has 1 aliphatic rings. The molecule has 0 aliphatic carbocycles. The van der Waals surface area contributed by atoms with E-state index >= 15 is 0 Å². The Morgan fingerprint density at radius 1 is 1.09 bits per heavy atom. The second-order valence-electron chi connectivity index (χ2n) is 8.60. The van der Waals surface area contributed by atoms with E-state index in [1.807, 2.05) is 22.8 Å². The summed E-state index contributed by atoms with van der Waals surface area (Å²) >= 11 is 0. The second kappa shape index (κ2) is 7.97. The van der Waals surface area contributed by atoms with Crippen LogP contribution in [0.1, 0.15) is 30.0 Å². The van der Waals surface area contributed by atoms with E-state index in [-0.39, 0.29) is 5.82 Å². The molecule has 0 radical (unpaired) electrons. The number of benzene rings is 2. The Morgan fingerprint density at radius 3 is 2.79 bits per heavy atom. The molecule has 1 fully saturated rings. The summed E-state index contributed by atoms with van der Waals surface area (Å²) in [5.74, 6) is 0.662. The first-order valence-corrected chi connectivity index (χ1v) is 11.2. The van der Waals surface area contributed by atoms with E-state index in [2.05, 4.69) is 33.6 Å². The lowest BCUT2D eigenvalue weighted by Crippen LogP contribution is -2.27. The number of nitrogens with two attached hydrogens (primary N) is 1. The van der Waals surface area contributed by atoms with Gasteiger partial charge in [-0.25, -0.2) is 13.9 Å². The summed E-state index contributed by atoms with van der Waals surface area (Å²) in [5.41, 5.74) is 11.8. The molecule has 166 valence electrons. The van der Waals surface area contributed by atoms with Gasteiger partial charge in [0.2, 0.25) is 0 Å². The Labute approximate surface area is 190 Å². The van der Waals surface area contributed by atoms with E-state index in [0.717, 1.165) is 53.5 Å². The fraction of sp³-hybridized carbons (Fsp3) is 0.240. The SMILES string of the molecule is Nc1ncnn2c(C3CCNCC3)cc(-c3ccc4cn(Cc5ccccc5F)nc4c3)c12. The van der Waals surface area contributed by atoms with Gasteiger partial charge in [-0.3, -0.25) is 4.68 Å². The van der Waals surface area contributed by atoms with Crippen molar-refractivity contribution in [2.75, 3.05) is 18.8 Å². The van der Waals surface area contributed by atoms with Gasteiger partial charge in [-0.15, -0.1) is 0 Å². The minimum atomic E-state index is -0.223. The van der Waals surface area contributed by atoms with Crippen molar-refractivity contribution in [1.29, 1.82) is 0 Å². The molecule has 0 saturated carbocycles. The van der Waals surface area contributed by atoms with Crippen LogP contribution in [0.4, 0.5) is 10.2 Å². The van der Waals surface area contributed by atoms with Gasteiger partial charge in [0.25, 0.3) is 0 Å². The van der Waals surface area contributed by atoms with Gasteiger partial charge in [-0.1, -0.05) is 30.3 Å². The molecule has 7 nitrogen and oxygen atoms in total. The molecular weight excluding hydrogens is 417 g/mol. The number of aromatic nitrogens is 5. The van der Waals surface area contributed by atoms with Gasteiger partial charge < -0.3 is 11.1 Å². The van der Waals surface area contributed by atoms with Crippen LogP contribution >= 0.6 is 0 Å². The normalized spacial score (nSPS) is 14.9. The molecule has 4 heterocycles. The predicted octanol–water partition coefficient (Wildman–Crippen LogP) is 3.98. The van der Waals surface area contributed by atoms with Crippen LogP contribution in [0.2, 0.25) is 0 Å². The highest BCUT2D eigenvalue weighted by Crippen LogP contribution is 2.36. The molecule has 3 N–H and O–H groups in total. The minimum Gasteiger partial charge on any atom is -0.382 e. The van der Waals surface area contributed by atoms with E-state index in [4.69, 9.17) is 10.8 Å². The molecule has 0 amide bonds.